The first-order valence-corrected chi connectivity index (χ1v) is 11.3. The Labute approximate surface area is 192 Å². The molecule has 2 aromatic heterocycles. The van der Waals surface area contributed by atoms with Gasteiger partial charge in [-0.1, -0.05) is 23.7 Å². The summed E-state index contributed by atoms with van der Waals surface area (Å²) in [4.78, 5) is 23.3. The number of aromatic nitrogens is 3. The number of hydrogen-bond donors (Lipinski definition) is 0. The first-order valence-electron chi connectivity index (χ1n) is 11.0. The van der Waals surface area contributed by atoms with Gasteiger partial charge >= 0.3 is 6.03 Å². The minimum absolute atomic E-state index is 0.123. The Bertz CT molecular complexity index is 1130. The lowest BCUT2D eigenvalue weighted by Crippen LogP contribution is -2.52. The molecule has 32 heavy (non-hydrogen) atoms. The van der Waals surface area contributed by atoms with Gasteiger partial charge in [-0.15, -0.1) is 0 Å². The van der Waals surface area contributed by atoms with E-state index in [-0.39, 0.29) is 12.1 Å². The quantitative estimate of drug-likeness (QED) is 0.590. The van der Waals surface area contributed by atoms with E-state index in [4.69, 9.17) is 21.4 Å². The van der Waals surface area contributed by atoms with Gasteiger partial charge in [0.2, 0.25) is 0 Å². The normalized spacial score (nSPS) is 19.3. The number of methoxy groups -OCH3 is 1. The number of hydrogen-bond acceptors (Lipinski definition) is 5. The Hall–Kier alpha value is -3.00. The van der Waals surface area contributed by atoms with Crippen molar-refractivity contribution in [2.75, 3.05) is 45.2 Å². The van der Waals surface area contributed by atoms with E-state index in [0.717, 1.165) is 67.2 Å². The summed E-state index contributed by atoms with van der Waals surface area (Å²) in [6.07, 6.45) is 3.65. The van der Waals surface area contributed by atoms with E-state index in [1.165, 1.54) is 0 Å². The third kappa shape index (κ3) is 3.72. The van der Waals surface area contributed by atoms with Gasteiger partial charge in [-0.3, -0.25) is 0 Å². The van der Waals surface area contributed by atoms with E-state index in [9.17, 15) is 4.79 Å². The van der Waals surface area contributed by atoms with Crippen molar-refractivity contribution < 1.29 is 9.53 Å². The molecule has 2 saturated heterocycles. The largest absolute Gasteiger partial charge is 0.497 e. The number of fused-ring (bicyclic) bond motifs is 1. The van der Waals surface area contributed by atoms with Crippen LogP contribution in [0.1, 0.15) is 18.4 Å². The van der Waals surface area contributed by atoms with Crippen LogP contribution in [0.3, 0.4) is 0 Å². The van der Waals surface area contributed by atoms with Gasteiger partial charge in [-0.25, -0.2) is 14.5 Å². The number of anilines is 1. The van der Waals surface area contributed by atoms with Crippen LogP contribution in [0.4, 0.5) is 10.6 Å². The van der Waals surface area contributed by atoms with Gasteiger partial charge in [0, 0.05) is 39.4 Å². The molecule has 0 saturated carbocycles. The molecule has 0 aliphatic carbocycles. The molecule has 0 spiro atoms. The fourth-order valence-corrected chi connectivity index (χ4v) is 4.92. The van der Waals surface area contributed by atoms with Gasteiger partial charge in [0.1, 0.15) is 5.75 Å². The molecule has 4 heterocycles. The van der Waals surface area contributed by atoms with Crippen molar-refractivity contribution in [2.24, 2.45) is 0 Å². The van der Waals surface area contributed by atoms with Crippen LogP contribution in [0, 0.1) is 0 Å². The second-order valence-electron chi connectivity index (χ2n) is 8.46. The van der Waals surface area contributed by atoms with Crippen molar-refractivity contribution in [1.82, 2.24) is 24.6 Å². The number of rotatable bonds is 5. The van der Waals surface area contributed by atoms with Crippen LogP contribution in [-0.4, -0.2) is 77.0 Å². The van der Waals surface area contributed by atoms with Crippen molar-refractivity contribution >= 4 is 34.5 Å². The van der Waals surface area contributed by atoms with E-state index in [1.54, 1.807) is 13.3 Å². The predicted octanol–water partition coefficient (Wildman–Crippen LogP) is 3.48. The fraction of sp³-hybridized carbons (Fsp3) is 0.435. The summed E-state index contributed by atoms with van der Waals surface area (Å²) < 4.78 is 7.17. The molecule has 1 aromatic carbocycles. The molecule has 0 N–H and O–H groups in total. The van der Waals surface area contributed by atoms with Crippen molar-refractivity contribution in [1.29, 1.82) is 0 Å². The average Bonchev–Trinajstić information content (AvgIpc) is 3.42. The van der Waals surface area contributed by atoms with Crippen LogP contribution in [0.5, 0.6) is 5.75 Å². The van der Waals surface area contributed by atoms with Gasteiger partial charge in [0.05, 0.1) is 30.1 Å². The molecule has 0 unspecified atom stereocenters. The van der Waals surface area contributed by atoms with Gasteiger partial charge in [0.15, 0.2) is 11.5 Å². The summed E-state index contributed by atoms with van der Waals surface area (Å²) in [5.41, 5.74) is 1.87. The van der Waals surface area contributed by atoms with Crippen molar-refractivity contribution in [3.05, 3.63) is 47.1 Å². The first kappa shape index (κ1) is 20.9. The summed E-state index contributed by atoms with van der Waals surface area (Å²) in [7, 11) is 3.54. The zero-order valence-electron chi connectivity index (χ0n) is 18.4. The number of benzene rings is 1. The number of amides is 2. The molecule has 2 fully saturated rings. The standard InChI is InChI=1S/C23H27ClN6O2/c1-27-11-3-12-29(23(27)31)17-9-13-28(15-17)22-20-19(24)8-10-25-21(20)30(26-22)14-16-4-6-18(32-2)7-5-16/h4-8,10,17H,3,9,11-15H2,1-2H3/t17-/m1/s1. The highest BCUT2D eigenvalue weighted by molar-refractivity contribution is 6.36. The Balaban J connectivity index is 1.43. The molecule has 2 aliphatic rings. The average molecular weight is 455 g/mol. The molecular formula is C23H27ClN6O2. The van der Waals surface area contributed by atoms with Crippen LogP contribution in [0.15, 0.2) is 36.5 Å². The SMILES string of the molecule is COc1ccc(Cn2nc(N3CC[C@@H](N4CCCN(C)C4=O)C3)c3c(Cl)ccnc32)cc1. The lowest BCUT2D eigenvalue weighted by Gasteiger charge is -2.37. The maximum absolute atomic E-state index is 12.6. The third-order valence-corrected chi connectivity index (χ3v) is 6.74. The molecule has 2 amide bonds. The molecule has 2 aliphatic heterocycles. The Morgan fingerprint density at radius 2 is 1.97 bits per heavy atom. The molecule has 1 atom stereocenters. The van der Waals surface area contributed by atoms with Crippen molar-refractivity contribution in [3.63, 3.8) is 0 Å². The Morgan fingerprint density at radius 3 is 2.75 bits per heavy atom. The number of carbonyl (C=O) groups excluding carboxylic acids is 1. The second kappa shape index (κ2) is 8.50. The molecule has 3 aromatic rings. The predicted molar refractivity (Wildman–Crippen MR) is 125 cm³/mol. The highest BCUT2D eigenvalue weighted by Crippen LogP contribution is 2.34. The summed E-state index contributed by atoms with van der Waals surface area (Å²) in [5, 5.41) is 6.44. The lowest BCUT2D eigenvalue weighted by molar-refractivity contribution is 0.123. The molecule has 168 valence electrons. The van der Waals surface area contributed by atoms with E-state index >= 15 is 0 Å². The highest BCUT2D eigenvalue weighted by atomic mass is 35.5. The topological polar surface area (TPSA) is 66.7 Å². The first-order chi connectivity index (χ1) is 15.5. The molecule has 9 heteroatoms. The summed E-state index contributed by atoms with van der Waals surface area (Å²) in [5.74, 6) is 1.66. The molecular weight excluding hydrogens is 428 g/mol. The van der Waals surface area contributed by atoms with E-state index in [0.29, 0.717) is 11.6 Å². The number of urea groups is 1. The van der Waals surface area contributed by atoms with E-state index < -0.39 is 0 Å². The number of nitrogens with zero attached hydrogens (tertiary/aromatic N) is 6. The van der Waals surface area contributed by atoms with Gasteiger partial charge in [-0.05, 0) is 36.6 Å². The monoisotopic (exact) mass is 454 g/mol. The minimum atomic E-state index is 0.123. The minimum Gasteiger partial charge on any atom is -0.497 e. The van der Waals surface area contributed by atoms with Crippen molar-refractivity contribution in [3.8, 4) is 5.75 Å². The van der Waals surface area contributed by atoms with Crippen LogP contribution < -0.4 is 9.64 Å². The third-order valence-electron chi connectivity index (χ3n) is 6.42. The van der Waals surface area contributed by atoms with Crippen LogP contribution in [0.2, 0.25) is 5.02 Å². The smallest absolute Gasteiger partial charge is 0.320 e. The van der Waals surface area contributed by atoms with Crippen LogP contribution in [-0.2, 0) is 6.54 Å². The number of pyridine rings is 1. The van der Waals surface area contributed by atoms with Gasteiger partial charge in [0.25, 0.3) is 0 Å². The van der Waals surface area contributed by atoms with Crippen LogP contribution >= 0.6 is 11.6 Å². The zero-order valence-corrected chi connectivity index (χ0v) is 19.1. The zero-order chi connectivity index (χ0) is 22.2. The summed E-state index contributed by atoms with van der Waals surface area (Å²) >= 11 is 6.62. The Morgan fingerprint density at radius 1 is 1.16 bits per heavy atom. The summed E-state index contributed by atoms with van der Waals surface area (Å²) in [6.45, 7) is 3.81. The Kier molecular flexibility index (Phi) is 5.55. The summed E-state index contributed by atoms with van der Waals surface area (Å²) in [6, 6.07) is 10.1. The maximum atomic E-state index is 12.6. The van der Waals surface area contributed by atoms with Crippen molar-refractivity contribution in [2.45, 2.75) is 25.4 Å². The van der Waals surface area contributed by atoms with Crippen LogP contribution in [0.25, 0.3) is 11.0 Å². The molecule has 8 nitrogen and oxygen atoms in total. The van der Waals surface area contributed by atoms with E-state index in [1.807, 2.05) is 51.9 Å². The second-order valence-corrected chi connectivity index (χ2v) is 8.87. The lowest BCUT2D eigenvalue weighted by atomic mass is 10.2. The molecule has 0 radical (unpaired) electrons. The maximum Gasteiger partial charge on any atom is 0.320 e. The number of ether oxygens (including phenoxy) is 1. The molecule has 0 bridgehead atoms. The van der Waals surface area contributed by atoms with Gasteiger partial charge < -0.3 is 19.4 Å². The fourth-order valence-electron chi connectivity index (χ4n) is 4.69. The highest BCUT2D eigenvalue weighted by Gasteiger charge is 2.35. The van der Waals surface area contributed by atoms with E-state index in [2.05, 4.69) is 9.88 Å². The molecule has 5 rings (SSSR count). The van der Waals surface area contributed by atoms with Gasteiger partial charge in [-0.2, -0.15) is 5.10 Å². The number of carbonyl (C=O) groups is 1. The number of halogens is 1.